The fourth-order valence-electron chi connectivity index (χ4n) is 3.20. The molecule has 0 spiro atoms. The maximum atomic E-state index is 13.2. The molecule has 0 aliphatic heterocycles. The van der Waals surface area contributed by atoms with Gasteiger partial charge in [0.15, 0.2) is 0 Å². The van der Waals surface area contributed by atoms with E-state index in [2.05, 4.69) is 16.9 Å². The zero-order valence-electron chi connectivity index (χ0n) is 18.0. The third-order valence-corrected chi connectivity index (χ3v) is 6.00. The number of anilines is 2. The first-order valence-electron chi connectivity index (χ1n) is 10.2. The van der Waals surface area contributed by atoms with E-state index in [-0.39, 0.29) is 11.7 Å². The minimum absolute atomic E-state index is 0.263. The summed E-state index contributed by atoms with van der Waals surface area (Å²) in [6.07, 6.45) is 3.59. The molecule has 0 unspecified atom stereocenters. The molecular weight excluding hydrogens is 433 g/mol. The first-order valence-corrected chi connectivity index (χ1v) is 11.1. The van der Waals surface area contributed by atoms with E-state index in [1.165, 1.54) is 12.1 Å². The van der Waals surface area contributed by atoms with Gasteiger partial charge in [-0.15, -0.1) is 0 Å². The van der Waals surface area contributed by atoms with Crippen molar-refractivity contribution in [1.29, 1.82) is 0 Å². The highest BCUT2D eigenvalue weighted by Gasteiger charge is 2.10. The molecule has 0 fully saturated rings. The predicted molar refractivity (Wildman–Crippen MR) is 134 cm³/mol. The third-order valence-electron chi connectivity index (χ3n) is 5.04. The molecular formula is C27H22FN3OS. The van der Waals surface area contributed by atoms with Gasteiger partial charge in [0, 0.05) is 27.7 Å². The Labute approximate surface area is 196 Å². The summed E-state index contributed by atoms with van der Waals surface area (Å²) in [7, 11) is 0. The molecule has 33 heavy (non-hydrogen) atoms. The molecule has 4 aromatic rings. The van der Waals surface area contributed by atoms with Crippen molar-refractivity contribution in [2.75, 3.05) is 11.1 Å². The average molecular weight is 456 g/mol. The van der Waals surface area contributed by atoms with Crippen LogP contribution in [0.4, 0.5) is 15.8 Å². The number of hydrogen-bond acceptors (Lipinski definition) is 4. The van der Waals surface area contributed by atoms with Crippen molar-refractivity contribution in [3.63, 3.8) is 0 Å². The van der Waals surface area contributed by atoms with E-state index in [0.29, 0.717) is 16.9 Å². The molecule has 164 valence electrons. The number of halogens is 1. The monoisotopic (exact) mass is 455 g/mol. The molecule has 3 N–H and O–H groups in total. The van der Waals surface area contributed by atoms with Crippen LogP contribution in [0.3, 0.4) is 0 Å². The molecule has 0 saturated carbocycles. The van der Waals surface area contributed by atoms with Crippen molar-refractivity contribution in [1.82, 2.24) is 4.98 Å². The predicted octanol–water partition coefficient (Wildman–Crippen LogP) is 6.91. The highest BCUT2D eigenvalue weighted by atomic mass is 32.2. The number of benzene rings is 3. The standard InChI is InChI=1S/C27H22FN3OS/c1-17(2)21-13-24(16-30-15-21)33-23-10-5-19(6-11-23)27(32)31-26-14-20(7-12-25(26)29)18-3-8-22(28)9-4-18/h3-16H,1,29H2,2H3,(H,31,32). The summed E-state index contributed by atoms with van der Waals surface area (Å²) in [4.78, 5) is 19.1. The SMILES string of the molecule is C=C(C)c1cncc(Sc2ccc(C(=O)Nc3cc(-c4ccc(F)cc4)ccc3N)cc2)c1. The number of carbonyl (C=O) groups is 1. The number of nitrogens with zero attached hydrogens (tertiary/aromatic N) is 1. The maximum absolute atomic E-state index is 13.2. The third kappa shape index (κ3) is 5.48. The van der Waals surface area contributed by atoms with E-state index in [1.807, 2.05) is 31.2 Å². The molecule has 1 heterocycles. The van der Waals surface area contributed by atoms with Crippen LogP contribution in [0.15, 0.2) is 102 Å². The summed E-state index contributed by atoms with van der Waals surface area (Å²) in [6.45, 7) is 5.90. The number of pyridine rings is 1. The Bertz CT molecular complexity index is 1320. The molecule has 0 atom stereocenters. The second-order valence-electron chi connectivity index (χ2n) is 7.58. The second kappa shape index (κ2) is 9.71. The molecule has 0 aliphatic rings. The first-order chi connectivity index (χ1) is 15.9. The topological polar surface area (TPSA) is 68.0 Å². The van der Waals surface area contributed by atoms with Crippen LogP contribution in [0.2, 0.25) is 0 Å². The van der Waals surface area contributed by atoms with Gasteiger partial charge >= 0.3 is 0 Å². The summed E-state index contributed by atoms with van der Waals surface area (Å²) in [5.41, 5.74) is 11.2. The van der Waals surface area contributed by atoms with E-state index in [4.69, 9.17) is 5.73 Å². The molecule has 6 heteroatoms. The fourth-order valence-corrected chi connectivity index (χ4v) is 4.04. The fraction of sp³-hybridized carbons (Fsp3) is 0.0370. The van der Waals surface area contributed by atoms with E-state index in [0.717, 1.165) is 32.1 Å². The highest BCUT2D eigenvalue weighted by molar-refractivity contribution is 7.99. The van der Waals surface area contributed by atoms with Gasteiger partial charge in [-0.3, -0.25) is 9.78 Å². The molecule has 1 amide bonds. The lowest BCUT2D eigenvalue weighted by Gasteiger charge is -2.11. The Morgan fingerprint density at radius 1 is 0.909 bits per heavy atom. The van der Waals surface area contributed by atoms with E-state index in [9.17, 15) is 9.18 Å². The summed E-state index contributed by atoms with van der Waals surface area (Å²) >= 11 is 1.56. The van der Waals surface area contributed by atoms with Gasteiger partial charge in [0.2, 0.25) is 0 Å². The lowest BCUT2D eigenvalue weighted by Crippen LogP contribution is -2.13. The van der Waals surface area contributed by atoms with Crippen LogP contribution in [0.5, 0.6) is 0 Å². The van der Waals surface area contributed by atoms with Gasteiger partial charge in [0.25, 0.3) is 5.91 Å². The maximum Gasteiger partial charge on any atom is 0.255 e. The number of nitrogen functional groups attached to an aromatic ring is 1. The number of nitrogens with one attached hydrogen (secondary N) is 1. The van der Waals surface area contributed by atoms with Gasteiger partial charge in [0.1, 0.15) is 5.82 Å². The minimum atomic E-state index is -0.302. The van der Waals surface area contributed by atoms with Crippen molar-refractivity contribution in [3.05, 3.63) is 109 Å². The molecule has 4 rings (SSSR count). The Balaban J connectivity index is 1.48. The van der Waals surface area contributed by atoms with Gasteiger partial charge in [-0.25, -0.2) is 4.39 Å². The normalized spacial score (nSPS) is 10.6. The number of nitrogens with two attached hydrogens (primary N) is 1. The lowest BCUT2D eigenvalue weighted by molar-refractivity contribution is 0.102. The highest BCUT2D eigenvalue weighted by Crippen LogP contribution is 2.30. The number of allylic oxidation sites excluding steroid dienone is 1. The number of aromatic nitrogens is 1. The van der Waals surface area contributed by atoms with Gasteiger partial charge in [-0.2, -0.15) is 0 Å². The van der Waals surface area contributed by atoms with Crippen LogP contribution in [0, 0.1) is 5.82 Å². The Morgan fingerprint density at radius 3 is 2.30 bits per heavy atom. The Morgan fingerprint density at radius 2 is 1.61 bits per heavy atom. The van der Waals surface area contributed by atoms with Crippen LogP contribution in [0.25, 0.3) is 16.7 Å². The van der Waals surface area contributed by atoms with Crippen LogP contribution in [-0.2, 0) is 0 Å². The minimum Gasteiger partial charge on any atom is -0.397 e. The second-order valence-corrected chi connectivity index (χ2v) is 8.73. The van der Waals surface area contributed by atoms with Gasteiger partial charge in [-0.05, 0) is 83.8 Å². The summed E-state index contributed by atoms with van der Waals surface area (Å²) in [5, 5.41) is 2.87. The van der Waals surface area contributed by atoms with Gasteiger partial charge < -0.3 is 11.1 Å². The quantitative estimate of drug-likeness (QED) is 0.310. The Hall–Kier alpha value is -3.90. The van der Waals surface area contributed by atoms with Crippen molar-refractivity contribution < 1.29 is 9.18 Å². The first kappa shape index (κ1) is 22.3. The van der Waals surface area contributed by atoms with E-state index >= 15 is 0 Å². The number of hydrogen-bond donors (Lipinski definition) is 2. The summed E-state index contributed by atoms with van der Waals surface area (Å²) < 4.78 is 13.2. The number of carbonyl (C=O) groups excluding carboxylic acids is 1. The largest absolute Gasteiger partial charge is 0.397 e. The van der Waals surface area contributed by atoms with Gasteiger partial charge in [-0.1, -0.05) is 36.5 Å². The average Bonchev–Trinajstić information content (AvgIpc) is 2.81. The summed E-state index contributed by atoms with van der Waals surface area (Å²) in [6, 6.07) is 20.9. The molecule has 3 aromatic carbocycles. The van der Waals surface area contributed by atoms with Crippen LogP contribution >= 0.6 is 11.8 Å². The zero-order valence-corrected chi connectivity index (χ0v) is 18.8. The Kier molecular flexibility index (Phi) is 6.56. The number of amides is 1. The summed E-state index contributed by atoms with van der Waals surface area (Å²) in [5.74, 6) is -0.565. The molecule has 1 aromatic heterocycles. The van der Waals surface area contributed by atoms with Crippen molar-refractivity contribution >= 4 is 34.6 Å². The number of rotatable bonds is 6. The van der Waals surface area contributed by atoms with E-state index < -0.39 is 0 Å². The van der Waals surface area contributed by atoms with Crippen molar-refractivity contribution in [2.45, 2.75) is 16.7 Å². The van der Waals surface area contributed by atoms with Crippen LogP contribution in [-0.4, -0.2) is 10.9 Å². The lowest BCUT2D eigenvalue weighted by atomic mass is 10.0. The van der Waals surface area contributed by atoms with Crippen LogP contribution < -0.4 is 11.1 Å². The molecule has 4 nitrogen and oxygen atoms in total. The smallest absolute Gasteiger partial charge is 0.255 e. The van der Waals surface area contributed by atoms with E-state index in [1.54, 1.807) is 60.6 Å². The zero-order chi connectivity index (χ0) is 23.4. The van der Waals surface area contributed by atoms with Crippen molar-refractivity contribution in [2.24, 2.45) is 0 Å². The van der Waals surface area contributed by atoms with Crippen LogP contribution in [0.1, 0.15) is 22.8 Å². The molecule has 0 radical (unpaired) electrons. The van der Waals surface area contributed by atoms with Gasteiger partial charge in [0.05, 0.1) is 11.4 Å². The van der Waals surface area contributed by atoms with Crippen molar-refractivity contribution in [3.8, 4) is 11.1 Å². The molecule has 0 aliphatic carbocycles. The molecule has 0 saturated heterocycles. The molecule has 0 bridgehead atoms.